The van der Waals surface area contributed by atoms with Gasteiger partial charge < -0.3 is 24.6 Å². The summed E-state index contributed by atoms with van der Waals surface area (Å²) in [5, 5.41) is 31.5. The van der Waals surface area contributed by atoms with E-state index in [9.17, 15) is 24.1 Å². The highest BCUT2D eigenvalue weighted by Gasteiger charge is 2.47. The van der Waals surface area contributed by atoms with E-state index < -0.39 is 42.3 Å². The SMILES string of the molecule is Cc1ncnc2c1c(F)cn2[C@@H]1O[C@H]([C@H](O)c2ccc(F)cc2)[C@@H](O)[C@H]1O. The fourth-order valence-electron chi connectivity index (χ4n) is 3.40. The average molecular weight is 377 g/mol. The molecular formula is C18H17F2N3O4. The standard InChI is InChI=1S/C18H17F2N3O4/c1-8-12-11(20)6-23(17(12)22-7-21-8)18-15(26)14(25)16(27-18)13(24)9-2-4-10(19)5-3-9/h2-7,13-16,18,24-26H,1H3/t13-,14+,15-,16-,18-/m1/s1. The maximum atomic E-state index is 14.3. The Morgan fingerprint density at radius 2 is 1.81 bits per heavy atom. The smallest absolute Gasteiger partial charge is 0.164 e. The molecule has 3 heterocycles. The first-order valence-corrected chi connectivity index (χ1v) is 8.31. The summed E-state index contributed by atoms with van der Waals surface area (Å²) < 4.78 is 34.3. The van der Waals surface area contributed by atoms with E-state index >= 15 is 0 Å². The molecule has 27 heavy (non-hydrogen) atoms. The molecule has 0 aliphatic carbocycles. The third kappa shape index (κ3) is 2.88. The Labute approximate surface area is 152 Å². The van der Waals surface area contributed by atoms with Crippen LogP contribution >= 0.6 is 0 Å². The minimum Gasteiger partial charge on any atom is -0.387 e. The zero-order chi connectivity index (χ0) is 19.3. The summed E-state index contributed by atoms with van der Waals surface area (Å²) in [5.74, 6) is -1.06. The molecule has 1 aliphatic heterocycles. The second kappa shape index (κ2) is 6.61. The molecule has 3 aromatic rings. The van der Waals surface area contributed by atoms with Crippen molar-refractivity contribution in [3.05, 3.63) is 59.7 Å². The van der Waals surface area contributed by atoms with Gasteiger partial charge in [-0.25, -0.2) is 18.7 Å². The molecule has 0 saturated carbocycles. The lowest BCUT2D eigenvalue weighted by Gasteiger charge is -2.21. The highest BCUT2D eigenvalue weighted by molar-refractivity contribution is 5.79. The van der Waals surface area contributed by atoms with Gasteiger partial charge in [-0.05, 0) is 24.6 Å². The van der Waals surface area contributed by atoms with Crippen LogP contribution in [0.4, 0.5) is 8.78 Å². The van der Waals surface area contributed by atoms with Crippen molar-refractivity contribution in [2.75, 3.05) is 0 Å². The predicted octanol–water partition coefficient (Wildman–Crippen LogP) is 1.37. The van der Waals surface area contributed by atoms with Crippen molar-refractivity contribution in [1.82, 2.24) is 14.5 Å². The zero-order valence-corrected chi connectivity index (χ0v) is 14.2. The van der Waals surface area contributed by atoms with E-state index in [0.717, 1.165) is 6.20 Å². The van der Waals surface area contributed by atoms with Crippen LogP contribution < -0.4 is 0 Å². The first-order chi connectivity index (χ1) is 12.9. The van der Waals surface area contributed by atoms with E-state index in [0.29, 0.717) is 11.3 Å². The van der Waals surface area contributed by atoms with Crippen molar-refractivity contribution in [3.63, 3.8) is 0 Å². The van der Waals surface area contributed by atoms with Crippen LogP contribution in [0.2, 0.25) is 0 Å². The maximum Gasteiger partial charge on any atom is 0.164 e. The van der Waals surface area contributed by atoms with Crippen LogP contribution in [0.5, 0.6) is 0 Å². The van der Waals surface area contributed by atoms with Crippen LogP contribution in [0, 0.1) is 18.6 Å². The second-order valence-corrected chi connectivity index (χ2v) is 6.51. The Hall–Kier alpha value is -2.46. The Morgan fingerprint density at radius 1 is 1.11 bits per heavy atom. The Bertz CT molecular complexity index is 979. The van der Waals surface area contributed by atoms with Gasteiger partial charge in [0.15, 0.2) is 12.0 Å². The van der Waals surface area contributed by atoms with Gasteiger partial charge in [0.1, 0.15) is 42.2 Å². The van der Waals surface area contributed by atoms with Crippen LogP contribution in [0.25, 0.3) is 11.0 Å². The van der Waals surface area contributed by atoms with Gasteiger partial charge in [0, 0.05) is 6.20 Å². The lowest BCUT2D eigenvalue weighted by molar-refractivity contribution is -0.0849. The summed E-state index contributed by atoms with van der Waals surface area (Å²) in [7, 11) is 0. The number of aromatic nitrogens is 3. The summed E-state index contributed by atoms with van der Waals surface area (Å²) in [4.78, 5) is 7.98. The number of rotatable bonds is 3. The molecule has 1 aliphatic rings. The molecule has 0 spiro atoms. The van der Waals surface area contributed by atoms with Crippen molar-refractivity contribution in [2.45, 2.75) is 37.6 Å². The monoisotopic (exact) mass is 377 g/mol. The number of ether oxygens (including phenoxy) is 1. The minimum absolute atomic E-state index is 0.185. The highest BCUT2D eigenvalue weighted by atomic mass is 19.1. The van der Waals surface area contributed by atoms with Crippen molar-refractivity contribution >= 4 is 11.0 Å². The normalized spacial score (nSPS) is 26.6. The van der Waals surface area contributed by atoms with Crippen LogP contribution in [-0.2, 0) is 4.74 Å². The van der Waals surface area contributed by atoms with E-state index in [-0.39, 0.29) is 11.0 Å². The molecule has 142 valence electrons. The lowest BCUT2D eigenvalue weighted by atomic mass is 9.99. The molecule has 9 heteroatoms. The molecular weight excluding hydrogens is 360 g/mol. The van der Waals surface area contributed by atoms with E-state index in [1.54, 1.807) is 6.92 Å². The van der Waals surface area contributed by atoms with Crippen LogP contribution in [0.15, 0.2) is 36.8 Å². The number of aryl methyl sites for hydroxylation is 1. The van der Waals surface area contributed by atoms with Crippen molar-refractivity contribution < 1.29 is 28.8 Å². The van der Waals surface area contributed by atoms with Gasteiger partial charge in [-0.1, -0.05) is 12.1 Å². The van der Waals surface area contributed by atoms with Crippen molar-refractivity contribution in [1.29, 1.82) is 0 Å². The molecule has 2 aromatic heterocycles. The number of aliphatic hydroxyl groups is 3. The topological polar surface area (TPSA) is 101 Å². The molecule has 3 N–H and O–H groups in total. The first kappa shape index (κ1) is 17.9. The van der Waals surface area contributed by atoms with Gasteiger partial charge in [0.05, 0.1) is 11.1 Å². The molecule has 1 saturated heterocycles. The number of benzene rings is 1. The maximum absolute atomic E-state index is 14.3. The summed E-state index contributed by atoms with van der Waals surface area (Å²) in [6.45, 7) is 1.62. The molecule has 0 radical (unpaired) electrons. The Balaban J connectivity index is 1.68. The fraction of sp³-hybridized carbons (Fsp3) is 0.333. The highest BCUT2D eigenvalue weighted by Crippen LogP contribution is 2.38. The number of aliphatic hydroxyl groups excluding tert-OH is 3. The average Bonchev–Trinajstić information content (AvgIpc) is 3.13. The van der Waals surface area contributed by atoms with E-state index in [4.69, 9.17) is 4.74 Å². The van der Waals surface area contributed by atoms with Crippen LogP contribution in [0.3, 0.4) is 0 Å². The third-order valence-electron chi connectivity index (χ3n) is 4.82. The molecule has 0 bridgehead atoms. The van der Waals surface area contributed by atoms with Gasteiger partial charge in [-0.3, -0.25) is 0 Å². The first-order valence-electron chi connectivity index (χ1n) is 8.31. The molecule has 0 amide bonds. The Morgan fingerprint density at radius 3 is 2.52 bits per heavy atom. The summed E-state index contributed by atoms with van der Waals surface area (Å²) in [6.07, 6.45) is -4.19. The zero-order valence-electron chi connectivity index (χ0n) is 14.2. The van der Waals surface area contributed by atoms with Crippen LogP contribution in [0.1, 0.15) is 23.6 Å². The molecule has 0 unspecified atom stereocenters. The van der Waals surface area contributed by atoms with Gasteiger partial charge >= 0.3 is 0 Å². The van der Waals surface area contributed by atoms with Gasteiger partial charge in [-0.15, -0.1) is 0 Å². The van der Waals surface area contributed by atoms with Gasteiger partial charge in [0.2, 0.25) is 0 Å². The number of hydrogen-bond donors (Lipinski definition) is 3. The second-order valence-electron chi connectivity index (χ2n) is 6.51. The molecule has 1 aromatic carbocycles. The minimum atomic E-state index is -1.45. The largest absolute Gasteiger partial charge is 0.387 e. The van der Waals surface area contributed by atoms with Crippen molar-refractivity contribution in [3.8, 4) is 0 Å². The Kier molecular flexibility index (Phi) is 4.39. The van der Waals surface area contributed by atoms with E-state index in [1.165, 1.54) is 35.2 Å². The summed E-state index contributed by atoms with van der Waals surface area (Å²) >= 11 is 0. The quantitative estimate of drug-likeness (QED) is 0.638. The predicted molar refractivity (Wildman–Crippen MR) is 89.5 cm³/mol. The number of nitrogens with zero attached hydrogens (tertiary/aromatic N) is 3. The van der Waals surface area contributed by atoms with Crippen molar-refractivity contribution in [2.24, 2.45) is 0 Å². The third-order valence-corrected chi connectivity index (χ3v) is 4.82. The summed E-state index contributed by atoms with van der Waals surface area (Å²) in [5.41, 5.74) is 0.940. The number of halogens is 2. The number of fused-ring (bicyclic) bond motifs is 1. The van der Waals surface area contributed by atoms with E-state index in [2.05, 4.69) is 9.97 Å². The van der Waals surface area contributed by atoms with E-state index in [1.807, 2.05) is 0 Å². The summed E-state index contributed by atoms with van der Waals surface area (Å²) in [6, 6.07) is 5.05. The molecule has 7 nitrogen and oxygen atoms in total. The lowest BCUT2D eigenvalue weighted by Crippen LogP contribution is -2.34. The molecule has 4 rings (SSSR count). The molecule has 5 atom stereocenters. The fourth-order valence-corrected chi connectivity index (χ4v) is 3.40. The van der Waals surface area contributed by atoms with Gasteiger partial charge in [0.25, 0.3) is 0 Å². The number of hydrogen-bond acceptors (Lipinski definition) is 6. The molecule has 1 fully saturated rings. The van der Waals surface area contributed by atoms with Crippen LogP contribution in [-0.4, -0.2) is 48.2 Å². The van der Waals surface area contributed by atoms with Gasteiger partial charge in [-0.2, -0.15) is 0 Å².